The Labute approximate surface area is 200 Å². The normalized spacial score (nSPS) is 16.1. The van der Waals surface area contributed by atoms with Crippen LogP contribution in [0.5, 0.6) is 0 Å². The highest BCUT2D eigenvalue weighted by Gasteiger charge is 2.35. The molecule has 0 spiro atoms. The average Bonchev–Trinajstić information content (AvgIpc) is 3.31. The molecule has 1 unspecified atom stereocenters. The molecule has 0 fully saturated rings. The second kappa shape index (κ2) is 8.79. The number of benzene rings is 3. The highest BCUT2D eigenvalue weighted by Crippen LogP contribution is 2.39. The maximum absolute atomic E-state index is 14.4. The van der Waals surface area contributed by atoms with Crippen molar-refractivity contribution in [3.8, 4) is 11.4 Å². The SMILES string of the molecule is CC1=C(c2nc(-c3cccc(F)c3)no2)C(c2ccccc2)NC(=S)N1c1ccc(C)c(F)c1. The smallest absolute Gasteiger partial charge is 0.258 e. The van der Waals surface area contributed by atoms with Crippen LogP contribution in [-0.4, -0.2) is 15.3 Å². The van der Waals surface area contributed by atoms with E-state index in [-0.39, 0.29) is 23.6 Å². The maximum atomic E-state index is 14.4. The number of aromatic nitrogens is 2. The van der Waals surface area contributed by atoms with Gasteiger partial charge in [0.1, 0.15) is 11.6 Å². The van der Waals surface area contributed by atoms with Gasteiger partial charge in [0.25, 0.3) is 5.89 Å². The van der Waals surface area contributed by atoms with Crippen LogP contribution in [0.3, 0.4) is 0 Å². The van der Waals surface area contributed by atoms with E-state index in [0.717, 1.165) is 11.3 Å². The van der Waals surface area contributed by atoms with Gasteiger partial charge in [-0.25, -0.2) is 8.78 Å². The standard InChI is InChI=1S/C26H20F2N4OS/c1-15-11-12-20(14-21(15)28)32-16(2)22(23(29-26(32)34)17-7-4-3-5-8-17)25-30-24(31-33-25)18-9-6-10-19(27)13-18/h3-14,23H,1-2H3,(H,29,34). The molecule has 4 aromatic rings. The van der Waals surface area contributed by atoms with E-state index in [0.29, 0.717) is 27.5 Å². The molecular weight excluding hydrogens is 454 g/mol. The third-order valence-electron chi connectivity index (χ3n) is 5.77. The molecule has 8 heteroatoms. The van der Waals surface area contributed by atoms with Gasteiger partial charge in [0.2, 0.25) is 5.82 Å². The first kappa shape index (κ1) is 21.9. The number of anilines is 1. The fourth-order valence-electron chi connectivity index (χ4n) is 4.03. The summed E-state index contributed by atoms with van der Waals surface area (Å²) in [6.45, 7) is 3.58. The number of nitrogens with zero attached hydrogens (tertiary/aromatic N) is 3. The minimum atomic E-state index is -0.390. The summed E-state index contributed by atoms with van der Waals surface area (Å²) in [5.41, 5.74) is 3.97. The minimum Gasteiger partial charge on any atom is -0.351 e. The third-order valence-corrected chi connectivity index (χ3v) is 6.07. The summed E-state index contributed by atoms with van der Waals surface area (Å²) in [7, 11) is 0. The quantitative estimate of drug-likeness (QED) is 0.356. The fourth-order valence-corrected chi connectivity index (χ4v) is 4.39. The molecule has 3 aromatic carbocycles. The van der Waals surface area contributed by atoms with Crippen molar-refractivity contribution in [3.05, 3.63) is 107 Å². The zero-order valence-electron chi connectivity index (χ0n) is 18.4. The van der Waals surface area contributed by atoms with Gasteiger partial charge in [-0.15, -0.1) is 0 Å². The summed E-state index contributed by atoms with van der Waals surface area (Å²) in [5, 5.41) is 7.84. The molecule has 5 nitrogen and oxygen atoms in total. The van der Waals surface area contributed by atoms with Crippen molar-refractivity contribution in [2.24, 2.45) is 0 Å². The zero-order valence-corrected chi connectivity index (χ0v) is 19.2. The largest absolute Gasteiger partial charge is 0.351 e. The lowest BCUT2D eigenvalue weighted by Crippen LogP contribution is -2.46. The van der Waals surface area contributed by atoms with Crippen molar-refractivity contribution in [3.63, 3.8) is 0 Å². The Balaban J connectivity index is 1.66. The van der Waals surface area contributed by atoms with Crippen LogP contribution in [0.1, 0.15) is 30.0 Å². The number of allylic oxidation sites excluding steroid dienone is 1. The zero-order chi connectivity index (χ0) is 23.8. The number of halogens is 2. The summed E-state index contributed by atoms with van der Waals surface area (Å²) < 4.78 is 33.8. The number of hydrogen-bond acceptors (Lipinski definition) is 4. The molecule has 170 valence electrons. The third kappa shape index (κ3) is 3.97. The molecule has 0 saturated carbocycles. The van der Waals surface area contributed by atoms with Crippen molar-refractivity contribution in [1.82, 2.24) is 15.5 Å². The molecule has 2 heterocycles. The Morgan fingerprint density at radius 3 is 2.50 bits per heavy atom. The van der Waals surface area contributed by atoms with Crippen LogP contribution in [0.25, 0.3) is 17.0 Å². The fraction of sp³-hybridized carbons (Fsp3) is 0.115. The van der Waals surface area contributed by atoms with E-state index in [9.17, 15) is 8.78 Å². The maximum Gasteiger partial charge on any atom is 0.258 e. The summed E-state index contributed by atoms with van der Waals surface area (Å²) in [4.78, 5) is 6.32. The molecule has 34 heavy (non-hydrogen) atoms. The average molecular weight is 475 g/mol. The molecule has 1 N–H and O–H groups in total. The predicted molar refractivity (Wildman–Crippen MR) is 131 cm³/mol. The van der Waals surface area contributed by atoms with Crippen LogP contribution in [0.2, 0.25) is 0 Å². The lowest BCUT2D eigenvalue weighted by Gasteiger charge is -2.37. The topological polar surface area (TPSA) is 54.2 Å². The number of thiocarbonyl (C=S) groups is 1. The molecule has 0 saturated heterocycles. The monoisotopic (exact) mass is 474 g/mol. The second-order valence-corrected chi connectivity index (χ2v) is 8.38. The lowest BCUT2D eigenvalue weighted by atomic mass is 9.94. The number of hydrogen-bond donors (Lipinski definition) is 1. The minimum absolute atomic E-state index is 0.262. The number of rotatable bonds is 4. The number of aryl methyl sites for hydroxylation is 1. The summed E-state index contributed by atoms with van der Waals surface area (Å²) in [6, 6.07) is 20.3. The van der Waals surface area contributed by atoms with Gasteiger partial charge in [-0.2, -0.15) is 4.98 Å². The highest BCUT2D eigenvalue weighted by molar-refractivity contribution is 7.80. The molecule has 1 atom stereocenters. The van der Waals surface area contributed by atoms with Crippen LogP contribution >= 0.6 is 12.2 Å². The van der Waals surface area contributed by atoms with Crippen LogP contribution in [0, 0.1) is 18.6 Å². The van der Waals surface area contributed by atoms with Gasteiger partial charge in [0.05, 0.1) is 17.3 Å². The highest BCUT2D eigenvalue weighted by atomic mass is 32.1. The number of nitrogens with one attached hydrogen (secondary N) is 1. The van der Waals surface area contributed by atoms with Crippen molar-refractivity contribution in [2.75, 3.05) is 4.90 Å². The Hall–Kier alpha value is -3.91. The van der Waals surface area contributed by atoms with Gasteiger partial charge in [0, 0.05) is 11.3 Å². The van der Waals surface area contributed by atoms with E-state index in [1.807, 2.05) is 43.3 Å². The van der Waals surface area contributed by atoms with Crippen molar-refractivity contribution in [2.45, 2.75) is 19.9 Å². The molecule has 1 aromatic heterocycles. The summed E-state index contributed by atoms with van der Waals surface area (Å²) >= 11 is 5.69. The molecule has 0 radical (unpaired) electrons. The lowest BCUT2D eigenvalue weighted by molar-refractivity contribution is 0.404. The molecule has 0 bridgehead atoms. The van der Waals surface area contributed by atoms with Gasteiger partial charge in [-0.1, -0.05) is 53.7 Å². The molecule has 1 aliphatic rings. The van der Waals surface area contributed by atoms with Crippen LogP contribution in [-0.2, 0) is 0 Å². The van der Waals surface area contributed by atoms with Crippen LogP contribution < -0.4 is 10.2 Å². The molecular formula is C26H20F2N4OS. The van der Waals surface area contributed by atoms with E-state index in [2.05, 4.69) is 15.5 Å². The molecule has 0 aliphatic carbocycles. The molecule has 1 aliphatic heterocycles. The van der Waals surface area contributed by atoms with E-state index in [1.54, 1.807) is 30.0 Å². The van der Waals surface area contributed by atoms with Gasteiger partial charge < -0.3 is 9.84 Å². The Morgan fingerprint density at radius 1 is 0.971 bits per heavy atom. The van der Waals surface area contributed by atoms with Crippen molar-refractivity contribution < 1.29 is 13.3 Å². The van der Waals surface area contributed by atoms with Crippen LogP contribution in [0.4, 0.5) is 14.5 Å². The van der Waals surface area contributed by atoms with E-state index in [1.165, 1.54) is 18.2 Å². The molecule has 0 amide bonds. The Morgan fingerprint density at radius 2 is 1.76 bits per heavy atom. The first-order chi connectivity index (χ1) is 16.4. The van der Waals surface area contributed by atoms with Gasteiger partial charge in [-0.05, 0) is 61.5 Å². The van der Waals surface area contributed by atoms with Crippen molar-refractivity contribution in [1.29, 1.82) is 0 Å². The van der Waals surface area contributed by atoms with E-state index < -0.39 is 5.82 Å². The summed E-state index contributed by atoms with van der Waals surface area (Å²) in [5.74, 6) is -0.189. The first-order valence-corrected chi connectivity index (χ1v) is 11.1. The Kier molecular flexibility index (Phi) is 5.67. The van der Waals surface area contributed by atoms with E-state index in [4.69, 9.17) is 16.7 Å². The van der Waals surface area contributed by atoms with E-state index >= 15 is 0 Å². The van der Waals surface area contributed by atoms with Gasteiger partial charge >= 0.3 is 0 Å². The molecule has 5 rings (SSSR count). The van der Waals surface area contributed by atoms with Gasteiger partial charge in [-0.3, -0.25) is 4.90 Å². The predicted octanol–water partition coefficient (Wildman–Crippen LogP) is 6.19. The Bertz CT molecular complexity index is 1420. The second-order valence-electron chi connectivity index (χ2n) is 7.99. The van der Waals surface area contributed by atoms with Crippen molar-refractivity contribution >= 4 is 28.6 Å². The first-order valence-electron chi connectivity index (χ1n) is 10.6. The van der Waals surface area contributed by atoms with Gasteiger partial charge in [0.15, 0.2) is 5.11 Å². The summed E-state index contributed by atoms with van der Waals surface area (Å²) in [6.07, 6.45) is 0. The van der Waals surface area contributed by atoms with Crippen LogP contribution in [0.15, 0.2) is 83.0 Å².